The number of aromatic nitrogens is 1. The fraction of sp³-hybridized carbons (Fsp3) is 0.100. The lowest BCUT2D eigenvalue weighted by molar-refractivity contribution is 0.0951. The van der Waals surface area contributed by atoms with Crippen LogP contribution in [0, 0.1) is 0 Å². The summed E-state index contributed by atoms with van der Waals surface area (Å²) in [7, 11) is 0. The van der Waals surface area contributed by atoms with Crippen LogP contribution < -0.4 is 5.32 Å². The number of hydrogen-bond donors (Lipinski definition) is 1. The van der Waals surface area contributed by atoms with E-state index in [0.29, 0.717) is 12.1 Å². The summed E-state index contributed by atoms with van der Waals surface area (Å²) >= 11 is 0. The van der Waals surface area contributed by atoms with Gasteiger partial charge in [0, 0.05) is 24.5 Å². The first kappa shape index (κ1) is 15.0. The van der Waals surface area contributed by atoms with Gasteiger partial charge in [-0.2, -0.15) is 0 Å². The first-order valence-electron chi connectivity index (χ1n) is 7.61. The van der Waals surface area contributed by atoms with E-state index in [1.54, 1.807) is 12.4 Å². The van der Waals surface area contributed by atoms with Gasteiger partial charge in [0.05, 0.1) is 0 Å². The van der Waals surface area contributed by atoms with Crippen molar-refractivity contribution >= 4 is 5.91 Å². The summed E-state index contributed by atoms with van der Waals surface area (Å²) in [6.07, 6.45) is 4.27. The molecular weight excluding hydrogens is 284 g/mol. The van der Waals surface area contributed by atoms with Crippen LogP contribution in [0.3, 0.4) is 0 Å². The van der Waals surface area contributed by atoms with E-state index in [4.69, 9.17) is 0 Å². The zero-order chi connectivity index (χ0) is 15.9. The molecule has 1 amide bonds. The van der Waals surface area contributed by atoms with Gasteiger partial charge in [-0.1, -0.05) is 42.5 Å². The Labute approximate surface area is 136 Å². The standard InChI is InChI=1S/C20H18N2O/c23-20(22-15-17-9-11-21-12-10-17)19-8-4-7-18(14-19)13-16-5-2-1-3-6-16/h1-12,14H,13,15H2,(H,22,23). The van der Waals surface area contributed by atoms with Gasteiger partial charge < -0.3 is 5.32 Å². The first-order valence-corrected chi connectivity index (χ1v) is 7.61. The molecule has 0 bridgehead atoms. The van der Waals surface area contributed by atoms with Crippen LogP contribution in [0.4, 0.5) is 0 Å². The third kappa shape index (κ3) is 4.27. The molecule has 0 radical (unpaired) electrons. The highest BCUT2D eigenvalue weighted by Crippen LogP contribution is 2.11. The second-order valence-corrected chi connectivity index (χ2v) is 5.40. The predicted molar refractivity (Wildman–Crippen MR) is 91.1 cm³/mol. The molecule has 1 N–H and O–H groups in total. The summed E-state index contributed by atoms with van der Waals surface area (Å²) in [6, 6.07) is 21.8. The van der Waals surface area contributed by atoms with E-state index < -0.39 is 0 Å². The molecule has 0 aliphatic heterocycles. The van der Waals surface area contributed by atoms with E-state index in [9.17, 15) is 4.79 Å². The largest absolute Gasteiger partial charge is 0.348 e. The summed E-state index contributed by atoms with van der Waals surface area (Å²) < 4.78 is 0. The number of amides is 1. The molecule has 23 heavy (non-hydrogen) atoms. The molecule has 0 saturated heterocycles. The Bertz CT molecular complexity index is 770. The van der Waals surface area contributed by atoms with Gasteiger partial charge in [0.1, 0.15) is 0 Å². The normalized spacial score (nSPS) is 10.3. The highest BCUT2D eigenvalue weighted by Gasteiger charge is 2.06. The number of benzene rings is 2. The molecule has 3 heteroatoms. The molecule has 1 aromatic heterocycles. The van der Waals surface area contributed by atoms with Crippen molar-refractivity contribution in [1.29, 1.82) is 0 Å². The maximum absolute atomic E-state index is 12.3. The van der Waals surface area contributed by atoms with Gasteiger partial charge >= 0.3 is 0 Å². The summed E-state index contributed by atoms with van der Waals surface area (Å²) in [5.74, 6) is -0.0586. The van der Waals surface area contributed by atoms with Crippen molar-refractivity contribution in [2.24, 2.45) is 0 Å². The summed E-state index contributed by atoms with van der Waals surface area (Å²) in [5, 5.41) is 2.94. The number of carbonyl (C=O) groups excluding carboxylic acids is 1. The Hall–Kier alpha value is -2.94. The van der Waals surface area contributed by atoms with Crippen molar-refractivity contribution in [3.05, 3.63) is 101 Å². The zero-order valence-electron chi connectivity index (χ0n) is 12.8. The van der Waals surface area contributed by atoms with Crippen molar-refractivity contribution in [3.63, 3.8) is 0 Å². The minimum absolute atomic E-state index is 0.0586. The SMILES string of the molecule is O=C(NCc1ccncc1)c1cccc(Cc2ccccc2)c1. The molecule has 3 rings (SSSR count). The third-order valence-electron chi connectivity index (χ3n) is 3.64. The van der Waals surface area contributed by atoms with Gasteiger partial charge in [0.25, 0.3) is 5.91 Å². The van der Waals surface area contributed by atoms with Crippen LogP contribution in [0.1, 0.15) is 27.0 Å². The number of pyridine rings is 1. The number of hydrogen-bond acceptors (Lipinski definition) is 2. The quantitative estimate of drug-likeness (QED) is 0.782. The minimum Gasteiger partial charge on any atom is -0.348 e. The van der Waals surface area contributed by atoms with Crippen molar-refractivity contribution in [1.82, 2.24) is 10.3 Å². The summed E-state index contributed by atoms with van der Waals surface area (Å²) in [5.41, 5.74) is 4.09. The van der Waals surface area contributed by atoms with Crippen LogP contribution in [-0.4, -0.2) is 10.9 Å². The van der Waals surface area contributed by atoms with Crippen molar-refractivity contribution in [2.45, 2.75) is 13.0 Å². The highest BCUT2D eigenvalue weighted by atomic mass is 16.1. The minimum atomic E-state index is -0.0586. The molecule has 0 atom stereocenters. The second kappa shape index (κ2) is 7.36. The predicted octanol–water partition coefficient (Wildman–Crippen LogP) is 3.60. The monoisotopic (exact) mass is 302 g/mol. The van der Waals surface area contributed by atoms with Gasteiger partial charge in [-0.3, -0.25) is 9.78 Å². The van der Waals surface area contributed by atoms with Gasteiger partial charge in [-0.15, -0.1) is 0 Å². The number of nitrogens with zero attached hydrogens (tertiary/aromatic N) is 1. The third-order valence-corrected chi connectivity index (χ3v) is 3.64. The molecule has 3 aromatic rings. The summed E-state index contributed by atoms with van der Waals surface area (Å²) in [6.45, 7) is 0.504. The van der Waals surface area contributed by atoms with E-state index in [1.165, 1.54) is 5.56 Å². The Morgan fingerprint density at radius 3 is 2.35 bits per heavy atom. The fourth-order valence-corrected chi connectivity index (χ4v) is 2.44. The van der Waals surface area contributed by atoms with E-state index in [-0.39, 0.29) is 5.91 Å². The molecule has 0 fully saturated rings. The summed E-state index contributed by atoms with van der Waals surface area (Å²) in [4.78, 5) is 16.3. The average molecular weight is 302 g/mol. The fourth-order valence-electron chi connectivity index (χ4n) is 2.44. The Balaban J connectivity index is 1.65. The Morgan fingerprint density at radius 1 is 0.826 bits per heavy atom. The average Bonchev–Trinajstić information content (AvgIpc) is 2.62. The van der Waals surface area contributed by atoms with E-state index in [2.05, 4.69) is 22.4 Å². The number of carbonyl (C=O) groups is 1. The van der Waals surface area contributed by atoms with E-state index in [1.807, 2.05) is 54.6 Å². The van der Waals surface area contributed by atoms with Crippen molar-refractivity contribution in [2.75, 3.05) is 0 Å². The molecule has 0 aliphatic carbocycles. The topological polar surface area (TPSA) is 42.0 Å². The van der Waals surface area contributed by atoms with Crippen molar-refractivity contribution in [3.8, 4) is 0 Å². The lowest BCUT2D eigenvalue weighted by Crippen LogP contribution is -2.22. The van der Waals surface area contributed by atoms with Crippen LogP contribution in [0.5, 0.6) is 0 Å². The first-order chi connectivity index (χ1) is 11.3. The van der Waals surface area contributed by atoms with Crippen LogP contribution >= 0.6 is 0 Å². The number of rotatable bonds is 5. The van der Waals surface area contributed by atoms with Gasteiger partial charge in [0.2, 0.25) is 0 Å². The maximum Gasteiger partial charge on any atom is 0.251 e. The van der Waals surface area contributed by atoms with Gasteiger partial charge in [-0.25, -0.2) is 0 Å². The van der Waals surface area contributed by atoms with E-state index in [0.717, 1.165) is 17.5 Å². The molecule has 2 aromatic carbocycles. The molecule has 3 nitrogen and oxygen atoms in total. The maximum atomic E-state index is 12.3. The zero-order valence-corrected chi connectivity index (χ0v) is 12.8. The van der Waals surface area contributed by atoms with E-state index >= 15 is 0 Å². The molecule has 0 unspecified atom stereocenters. The molecule has 0 spiro atoms. The highest BCUT2D eigenvalue weighted by molar-refractivity contribution is 5.94. The van der Waals surface area contributed by atoms with Crippen LogP contribution in [-0.2, 0) is 13.0 Å². The molecule has 0 saturated carbocycles. The molecule has 0 aliphatic rings. The Kier molecular flexibility index (Phi) is 4.79. The smallest absolute Gasteiger partial charge is 0.251 e. The second-order valence-electron chi connectivity index (χ2n) is 5.40. The molecule has 114 valence electrons. The lowest BCUT2D eigenvalue weighted by atomic mass is 10.0. The lowest BCUT2D eigenvalue weighted by Gasteiger charge is -2.07. The van der Waals surface area contributed by atoms with Gasteiger partial charge in [-0.05, 0) is 47.4 Å². The molecule has 1 heterocycles. The molecular formula is C20H18N2O. The van der Waals surface area contributed by atoms with Crippen molar-refractivity contribution < 1.29 is 4.79 Å². The van der Waals surface area contributed by atoms with Crippen LogP contribution in [0.15, 0.2) is 79.1 Å². The Morgan fingerprint density at radius 2 is 1.57 bits per heavy atom. The van der Waals surface area contributed by atoms with Crippen LogP contribution in [0.25, 0.3) is 0 Å². The van der Waals surface area contributed by atoms with Gasteiger partial charge in [0.15, 0.2) is 0 Å². The number of nitrogens with one attached hydrogen (secondary N) is 1. The van der Waals surface area contributed by atoms with Crippen LogP contribution in [0.2, 0.25) is 0 Å².